The summed E-state index contributed by atoms with van der Waals surface area (Å²) in [5.74, 6) is 0.283. The lowest BCUT2D eigenvalue weighted by Gasteiger charge is -2.18. The first-order chi connectivity index (χ1) is 12.2. The average Bonchev–Trinajstić information content (AvgIpc) is 2.65. The minimum Gasteiger partial charge on any atom is -0.489 e. The second-order valence-corrected chi connectivity index (χ2v) is 5.67. The first kappa shape index (κ1) is 18.5. The summed E-state index contributed by atoms with van der Waals surface area (Å²) in [6.07, 6.45) is 2.41. The molecule has 0 saturated heterocycles. The smallest absolute Gasteiger partial charge is 0.334 e. The predicted molar refractivity (Wildman–Crippen MR) is 101 cm³/mol. The van der Waals surface area contributed by atoms with E-state index in [2.05, 4.69) is 13.2 Å². The van der Waals surface area contributed by atoms with Crippen molar-refractivity contribution in [3.63, 3.8) is 0 Å². The van der Waals surface area contributed by atoms with Crippen molar-refractivity contribution in [1.29, 1.82) is 0 Å². The van der Waals surface area contributed by atoms with Crippen LogP contribution in [0.5, 0.6) is 5.75 Å². The molecule has 0 unspecified atom stereocenters. The molecule has 1 atom stereocenters. The first-order valence-corrected chi connectivity index (χ1v) is 8.39. The maximum atomic E-state index is 12.0. The highest BCUT2D eigenvalue weighted by Gasteiger charge is 2.20. The lowest BCUT2D eigenvalue weighted by molar-refractivity contribution is -0.138. The van der Waals surface area contributed by atoms with E-state index >= 15 is 0 Å². The van der Waals surface area contributed by atoms with Crippen LogP contribution >= 0.6 is 0 Å². The third-order valence-electron chi connectivity index (χ3n) is 3.89. The Balaban J connectivity index is 2.06. The number of carbonyl (C=O) groups is 1. The highest BCUT2D eigenvalue weighted by molar-refractivity contribution is 5.89. The SMILES string of the molecule is C=CC[C@@H](C(=C)C(=O)OCC)c1ccc(OCc2ccccc2)cc1. The zero-order valence-corrected chi connectivity index (χ0v) is 14.6. The van der Waals surface area contributed by atoms with Crippen molar-refractivity contribution < 1.29 is 14.3 Å². The van der Waals surface area contributed by atoms with Gasteiger partial charge in [-0.25, -0.2) is 4.79 Å². The van der Waals surface area contributed by atoms with Gasteiger partial charge in [0, 0.05) is 11.5 Å². The lowest BCUT2D eigenvalue weighted by atomic mass is 9.89. The number of hydrogen-bond acceptors (Lipinski definition) is 3. The van der Waals surface area contributed by atoms with Crippen LogP contribution in [0.3, 0.4) is 0 Å². The van der Waals surface area contributed by atoms with Crippen LogP contribution in [0, 0.1) is 0 Å². The fraction of sp³-hybridized carbons (Fsp3) is 0.227. The quantitative estimate of drug-likeness (QED) is 0.365. The van der Waals surface area contributed by atoms with Gasteiger partial charge < -0.3 is 9.47 Å². The van der Waals surface area contributed by atoms with Gasteiger partial charge in [0.25, 0.3) is 0 Å². The lowest BCUT2D eigenvalue weighted by Crippen LogP contribution is -2.13. The van der Waals surface area contributed by atoms with Crippen LogP contribution in [0.2, 0.25) is 0 Å². The third kappa shape index (κ3) is 5.35. The second-order valence-electron chi connectivity index (χ2n) is 5.67. The van der Waals surface area contributed by atoms with Crippen LogP contribution in [-0.2, 0) is 16.1 Å². The van der Waals surface area contributed by atoms with E-state index in [0.29, 0.717) is 25.2 Å². The summed E-state index contributed by atoms with van der Waals surface area (Å²) in [6, 6.07) is 17.7. The molecule has 0 aromatic heterocycles. The summed E-state index contributed by atoms with van der Waals surface area (Å²) >= 11 is 0. The maximum Gasteiger partial charge on any atom is 0.334 e. The average molecular weight is 336 g/mol. The molecule has 0 saturated carbocycles. The normalized spacial score (nSPS) is 11.4. The third-order valence-corrected chi connectivity index (χ3v) is 3.89. The summed E-state index contributed by atoms with van der Waals surface area (Å²) in [6.45, 7) is 10.3. The second kappa shape index (κ2) is 9.48. The maximum absolute atomic E-state index is 12.0. The Hall–Kier alpha value is -2.81. The van der Waals surface area contributed by atoms with Gasteiger partial charge in [-0.15, -0.1) is 6.58 Å². The molecule has 0 heterocycles. The summed E-state index contributed by atoms with van der Waals surface area (Å²) in [5.41, 5.74) is 2.55. The molecule has 2 rings (SSSR count). The first-order valence-electron chi connectivity index (χ1n) is 8.39. The van der Waals surface area contributed by atoms with Crippen molar-refractivity contribution in [2.24, 2.45) is 0 Å². The molecule has 3 heteroatoms. The van der Waals surface area contributed by atoms with Crippen molar-refractivity contribution in [1.82, 2.24) is 0 Å². The minimum absolute atomic E-state index is 0.139. The predicted octanol–water partition coefficient (Wildman–Crippen LogP) is 5.04. The van der Waals surface area contributed by atoms with E-state index in [1.165, 1.54) is 0 Å². The van der Waals surface area contributed by atoms with Crippen LogP contribution in [-0.4, -0.2) is 12.6 Å². The molecule has 130 valence electrons. The van der Waals surface area contributed by atoms with E-state index in [0.717, 1.165) is 16.9 Å². The fourth-order valence-electron chi connectivity index (χ4n) is 2.55. The molecule has 25 heavy (non-hydrogen) atoms. The van der Waals surface area contributed by atoms with Crippen molar-refractivity contribution >= 4 is 5.97 Å². The summed E-state index contributed by atoms with van der Waals surface area (Å²) in [5, 5.41) is 0. The Bertz CT molecular complexity index is 702. The summed E-state index contributed by atoms with van der Waals surface area (Å²) in [7, 11) is 0. The Labute approximate surface area is 149 Å². The highest BCUT2D eigenvalue weighted by Crippen LogP contribution is 2.29. The molecule has 0 bridgehead atoms. The van der Waals surface area contributed by atoms with Crippen LogP contribution in [0.15, 0.2) is 79.4 Å². The molecule has 3 nitrogen and oxygen atoms in total. The Morgan fingerprint density at radius 2 is 1.80 bits per heavy atom. The summed E-state index contributed by atoms with van der Waals surface area (Å²) in [4.78, 5) is 12.0. The zero-order chi connectivity index (χ0) is 18.1. The number of allylic oxidation sites excluding steroid dienone is 1. The Morgan fingerprint density at radius 3 is 2.40 bits per heavy atom. The van der Waals surface area contributed by atoms with E-state index in [-0.39, 0.29) is 11.9 Å². The standard InChI is InChI=1S/C22H24O3/c1-4-9-21(17(3)22(23)24-5-2)19-12-14-20(15-13-19)25-16-18-10-7-6-8-11-18/h4,6-8,10-15,21H,1,3,5,9,16H2,2H3/t21-/m0/s1. The highest BCUT2D eigenvalue weighted by atomic mass is 16.5. The van der Waals surface area contributed by atoms with Gasteiger partial charge in [-0.05, 0) is 36.6 Å². The molecule has 0 N–H and O–H groups in total. The molecule has 0 aliphatic heterocycles. The van der Waals surface area contributed by atoms with Crippen LogP contribution in [0.4, 0.5) is 0 Å². The minimum atomic E-state index is -0.362. The van der Waals surface area contributed by atoms with Crippen molar-refractivity contribution in [2.75, 3.05) is 6.61 Å². The molecule has 0 aliphatic rings. The zero-order valence-electron chi connectivity index (χ0n) is 14.6. The van der Waals surface area contributed by atoms with Crippen LogP contribution < -0.4 is 4.74 Å². The van der Waals surface area contributed by atoms with E-state index in [1.54, 1.807) is 13.0 Å². The van der Waals surface area contributed by atoms with Gasteiger partial charge in [0.2, 0.25) is 0 Å². The molecule has 2 aromatic carbocycles. The molecule has 0 radical (unpaired) electrons. The number of benzene rings is 2. The van der Waals surface area contributed by atoms with Crippen molar-refractivity contribution in [2.45, 2.75) is 25.9 Å². The van der Waals surface area contributed by atoms with Gasteiger partial charge in [-0.3, -0.25) is 0 Å². The van der Waals surface area contributed by atoms with Crippen molar-refractivity contribution in [3.05, 3.63) is 90.5 Å². The van der Waals surface area contributed by atoms with E-state index in [9.17, 15) is 4.79 Å². The van der Waals surface area contributed by atoms with Crippen LogP contribution in [0.1, 0.15) is 30.4 Å². The van der Waals surface area contributed by atoms with Gasteiger partial charge in [-0.2, -0.15) is 0 Å². The van der Waals surface area contributed by atoms with Gasteiger partial charge in [0.05, 0.1) is 6.61 Å². The topological polar surface area (TPSA) is 35.5 Å². The van der Waals surface area contributed by atoms with Gasteiger partial charge >= 0.3 is 5.97 Å². The van der Waals surface area contributed by atoms with Gasteiger partial charge in [0.15, 0.2) is 0 Å². The fourth-order valence-corrected chi connectivity index (χ4v) is 2.55. The Kier molecular flexibility index (Phi) is 7.02. The van der Waals surface area contributed by atoms with E-state index in [4.69, 9.17) is 9.47 Å². The number of esters is 1. The number of ether oxygens (including phenoxy) is 2. The number of carbonyl (C=O) groups excluding carboxylic acids is 1. The number of hydrogen-bond donors (Lipinski definition) is 0. The largest absolute Gasteiger partial charge is 0.489 e. The van der Waals surface area contributed by atoms with E-state index in [1.807, 2.05) is 54.6 Å². The van der Waals surface area contributed by atoms with Crippen molar-refractivity contribution in [3.8, 4) is 5.75 Å². The van der Waals surface area contributed by atoms with Gasteiger partial charge in [0.1, 0.15) is 12.4 Å². The van der Waals surface area contributed by atoms with Gasteiger partial charge in [-0.1, -0.05) is 55.1 Å². The molecule has 0 amide bonds. The summed E-state index contributed by atoms with van der Waals surface area (Å²) < 4.78 is 10.9. The molecule has 2 aromatic rings. The molecule has 0 spiro atoms. The molecular weight excluding hydrogens is 312 g/mol. The molecule has 0 aliphatic carbocycles. The number of rotatable bonds is 9. The monoisotopic (exact) mass is 336 g/mol. The Morgan fingerprint density at radius 1 is 1.12 bits per heavy atom. The molecular formula is C22H24O3. The van der Waals surface area contributed by atoms with E-state index < -0.39 is 0 Å². The molecule has 0 fully saturated rings. The van der Waals surface area contributed by atoms with Crippen LogP contribution in [0.25, 0.3) is 0 Å².